The zero-order chi connectivity index (χ0) is 10.4. The highest BCUT2D eigenvalue weighted by atomic mass is 79.9. The van der Waals surface area contributed by atoms with Crippen LogP contribution in [0, 0.1) is 11.3 Å². The average Bonchev–Trinajstić information content (AvgIpc) is 2.20. The van der Waals surface area contributed by atoms with Gasteiger partial charge in [-0.05, 0) is 34.1 Å². The van der Waals surface area contributed by atoms with Gasteiger partial charge < -0.3 is 9.47 Å². The van der Waals surface area contributed by atoms with E-state index in [9.17, 15) is 0 Å². The molecule has 0 spiro atoms. The van der Waals surface area contributed by atoms with Gasteiger partial charge in [0.15, 0.2) is 0 Å². The lowest BCUT2D eigenvalue weighted by molar-refractivity contribution is 0.146. The van der Waals surface area contributed by atoms with Gasteiger partial charge in [-0.3, -0.25) is 0 Å². The van der Waals surface area contributed by atoms with Crippen molar-refractivity contribution in [2.75, 3.05) is 20.3 Å². The van der Waals surface area contributed by atoms with Crippen molar-refractivity contribution in [2.45, 2.75) is 0 Å². The molecule has 0 unspecified atom stereocenters. The second-order valence-electron chi connectivity index (χ2n) is 2.60. The van der Waals surface area contributed by atoms with Gasteiger partial charge in [-0.2, -0.15) is 5.26 Å². The number of benzene rings is 1. The van der Waals surface area contributed by atoms with Gasteiger partial charge in [0, 0.05) is 7.11 Å². The van der Waals surface area contributed by atoms with Crippen LogP contribution in [-0.4, -0.2) is 20.3 Å². The largest absolute Gasteiger partial charge is 0.490 e. The number of nitriles is 1. The van der Waals surface area contributed by atoms with Crippen LogP contribution in [-0.2, 0) is 4.74 Å². The zero-order valence-electron chi connectivity index (χ0n) is 7.79. The van der Waals surface area contributed by atoms with Crippen molar-refractivity contribution >= 4 is 15.9 Å². The van der Waals surface area contributed by atoms with Gasteiger partial charge in [0.1, 0.15) is 12.4 Å². The summed E-state index contributed by atoms with van der Waals surface area (Å²) in [5.41, 5.74) is 0.607. The molecule has 74 valence electrons. The van der Waals surface area contributed by atoms with Crippen LogP contribution in [0.25, 0.3) is 0 Å². The molecule has 0 atom stereocenters. The van der Waals surface area contributed by atoms with E-state index in [4.69, 9.17) is 14.7 Å². The Bertz CT molecular complexity index is 346. The van der Waals surface area contributed by atoms with Gasteiger partial charge >= 0.3 is 0 Å². The fourth-order valence-electron chi connectivity index (χ4n) is 0.922. The fourth-order valence-corrected chi connectivity index (χ4v) is 1.42. The van der Waals surface area contributed by atoms with E-state index in [1.54, 1.807) is 25.3 Å². The summed E-state index contributed by atoms with van der Waals surface area (Å²) in [6.45, 7) is 1.05. The molecule has 0 heterocycles. The Morgan fingerprint density at radius 1 is 1.43 bits per heavy atom. The fraction of sp³-hybridized carbons (Fsp3) is 0.300. The van der Waals surface area contributed by atoms with Gasteiger partial charge in [0.2, 0.25) is 0 Å². The van der Waals surface area contributed by atoms with Crippen molar-refractivity contribution in [1.29, 1.82) is 5.26 Å². The molecule has 0 N–H and O–H groups in total. The van der Waals surface area contributed by atoms with Crippen LogP contribution in [0.3, 0.4) is 0 Å². The summed E-state index contributed by atoms with van der Waals surface area (Å²) >= 11 is 3.32. The molecule has 4 heteroatoms. The first-order valence-electron chi connectivity index (χ1n) is 4.09. The number of halogens is 1. The van der Waals surface area contributed by atoms with E-state index in [0.29, 0.717) is 18.8 Å². The first-order chi connectivity index (χ1) is 6.77. The summed E-state index contributed by atoms with van der Waals surface area (Å²) in [5.74, 6) is 0.723. The third-order valence-corrected chi connectivity index (χ3v) is 2.23. The number of hydrogen-bond acceptors (Lipinski definition) is 3. The van der Waals surface area contributed by atoms with E-state index >= 15 is 0 Å². The first kappa shape index (κ1) is 11.0. The van der Waals surface area contributed by atoms with Gasteiger partial charge in [-0.1, -0.05) is 0 Å². The van der Waals surface area contributed by atoms with Gasteiger partial charge in [-0.25, -0.2) is 0 Å². The molecule has 0 bridgehead atoms. The lowest BCUT2D eigenvalue weighted by Crippen LogP contribution is -2.04. The minimum absolute atomic E-state index is 0.501. The van der Waals surface area contributed by atoms with Gasteiger partial charge in [0.25, 0.3) is 0 Å². The van der Waals surface area contributed by atoms with Crippen LogP contribution in [0.4, 0.5) is 0 Å². The molecule has 0 aliphatic carbocycles. The van der Waals surface area contributed by atoms with Crippen LogP contribution in [0.5, 0.6) is 5.75 Å². The molecule has 3 nitrogen and oxygen atoms in total. The van der Waals surface area contributed by atoms with Crippen molar-refractivity contribution in [1.82, 2.24) is 0 Å². The Labute approximate surface area is 91.4 Å². The highest BCUT2D eigenvalue weighted by Crippen LogP contribution is 2.25. The second kappa shape index (κ2) is 5.63. The van der Waals surface area contributed by atoms with Crippen LogP contribution in [0.2, 0.25) is 0 Å². The summed E-state index contributed by atoms with van der Waals surface area (Å²) in [4.78, 5) is 0. The number of hydrogen-bond donors (Lipinski definition) is 0. The van der Waals surface area contributed by atoms with Gasteiger partial charge in [-0.15, -0.1) is 0 Å². The number of rotatable bonds is 4. The monoisotopic (exact) mass is 255 g/mol. The third kappa shape index (κ3) is 3.02. The molecule has 0 amide bonds. The van der Waals surface area contributed by atoms with Gasteiger partial charge in [0.05, 0.1) is 22.7 Å². The van der Waals surface area contributed by atoms with Crippen molar-refractivity contribution in [3.05, 3.63) is 28.2 Å². The Morgan fingerprint density at radius 3 is 2.79 bits per heavy atom. The molecule has 0 aliphatic rings. The minimum atomic E-state index is 0.501. The second-order valence-corrected chi connectivity index (χ2v) is 3.45. The maximum Gasteiger partial charge on any atom is 0.133 e. The standard InChI is InChI=1S/C10H10BrNO2/c1-13-4-5-14-10-3-2-8(7-12)6-9(10)11/h2-3,6H,4-5H2,1H3. The molecule has 0 aromatic heterocycles. The minimum Gasteiger partial charge on any atom is -0.490 e. The molecule has 0 saturated carbocycles. The topological polar surface area (TPSA) is 42.2 Å². The van der Waals surface area contributed by atoms with E-state index in [0.717, 1.165) is 10.2 Å². The normalized spacial score (nSPS) is 9.50. The summed E-state index contributed by atoms with van der Waals surface area (Å²) in [6.07, 6.45) is 0. The predicted molar refractivity (Wildman–Crippen MR) is 56.2 cm³/mol. The van der Waals surface area contributed by atoms with Crippen LogP contribution < -0.4 is 4.74 Å². The smallest absolute Gasteiger partial charge is 0.133 e. The van der Waals surface area contributed by atoms with Crippen LogP contribution in [0.15, 0.2) is 22.7 Å². The number of methoxy groups -OCH3 is 1. The molecule has 0 aliphatic heterocycles. The van der Waals surface area contributed by atoms with E-state index in [-0.39, 0.29) is 0 Å². The van der Waals surface area contributed by atoms with Crippen molar-refractivity contribution < 1.29 is 9.47 Å². The molecule has 1 rings (SSSR count). The molecule has 0 saturated heterocycles. The van der Waals surface area contributed by atoms with Crippen molar-refractivity contribution in [3.63, 3.8) is 0 Å². The molecule has 0 fully saturated rings. The maximum atomic E-state index is 8.64. The van der Waals surface area contributed by atoms with E-state index < -0.39 is 0 Å². The van der Waals surface area contributed by atoms with Crippen LogP contribution in [0.1, 0.15) is 5.56 Å². The molecule has 0 radical (unpaired) electrons. The number of ether oxygens (including phenoxy) is 2. The number of nitrogens with zero attached hydrogens (tertiary/aromatic N) is 1. The summed E-state index contributed by atoms with van der Waals surface area (Å²) < 4.78 is 11.0. The Hall–Kier alpha value is -1.05. The van der Waals surface area contributed by atoms with E-state index in [1.165, 1.54) is 0 Å². The summed E-state index contributed by atoms with van der Waals surface area (Å²) in [6, 6.07) is 7.25. The molecular formula is C10H10BrNO2. The molecule has 14 heavy (non-hydrogen) atoms. The Kier molecular flexibility index (Phi) is 4.44. The quantitative estimate of drug-likeness (QED) is 0.776. The lowest BCUT2D eigenvalue weighted by atomic mass is 10.2. The highest BCUT2D eigenvalue weighted by Gasteiger charge is 2.01. The molecular weight excluding hydrogens is 246 g/mol. The summed E-state index contributed by atoms with van der Waals surface area (Å²) in [5, 5.41) is 8.64. The summed E-state index contributed by atoms with van der Waals surface area (Å²) in [7, 11) is 1.62. The Morgan fingerprint density at radius 2 is 2.21 bits per heavy atom. The van der Waals surface area contributed by atoms with Crippen molar-refractivity contribution in [2.24, 2.45) is 0 Å². The first-order valence-corrected chi connectivity index (χ1v) is 4.88. The van der Waals surface area contributed by atoms with E-state index in [1.807, 2.05) is 0 Å². The van der Waals surface area contributed by atoms with Crippen molar-refractivity contribution in [3.8, 4) is 11.8 Å². The van der Waals surface area contributed by atoms with E-state index in [2.05, 4.69) is 22.0 Å². The molecule has 1 aromatic carbocycles. The zero-order valence-corrected chi connectivity index (χ0v) is 9.37. The third-order valence-electron chi connectivity index (χ3n) is 1.61. The SMILES string of the molecule is COCCOc1ccc(C#N)cc1Br. The molecule has 1 aromatic rings. The average molecular weight is 256 g/mol. The maximum absolute atomic E-state index is 8.64. The lowest BCUT2D eigenvalue weighted by Gasteiger charge is -2.07. The van der Waals surface area contributed by atoms with Crippen LogP contribution >= 0.6 is 15.9 Å². The predicted octanol–water partition coefficient (Wildman–Crippen LogP) is 2.35. The Balaban J connectivity index is 2.65. The highest BCUT2D eigenvalue weighted by molar-refractivity contribution is 9.10.